The quantitative estimate of drug-likeness (QED) is 0.114. The first-order valence-electron chi connectivity index (χ1n) is 18.3. The topological polar surface area (TPSA) is 90.4 Å². The number of hydrogen-bond donors (Lipinski definition) is 1. The van der Waals surface area contributed by atoms with Gasteiger partial charge in [-0.1, -0.05) is 85.3 Å². The second-order valence-electron chi connectivity index (χ2n) is 15.0. The average molecular weight is 762 g/mol. The Morgan fingerprint density at radius 2 is 1.65 bits per heavy atom. The van der Waals surface area contributed by atoms with Gasteiger partial charge in [-0.05, 0) is 72.1 Å². The van der Waals surface area contributed by atoms with E-state index in [1.807, 2.05) is 97.9 Å². The van der Waals surface area contributed by atoms with E-state index in [2.05, 4.69) is 0 Å². The Hall–Kier alpha value is -4.87. The van der Waals surface area contributed by atoms with Crippen LogP contribution in [0.4, 0.5) is 21.2 Å². The summed E-state index contributed by atoms with van der Waals surface area (Å²) >= 11 is 6.59. The van der Waals surface area contributed by atoms with Crippen molar-refractivity contribution < 1.29 is 28.3 Å². The molecule has 8 nitrogen and oxygen atoms in total. The van der Waals surface area contributed by atoms with Crippen molar-refractivity contribution in [1.29, 1.82) is 0 Å². The van der Waals surface area contributed by atoms with Crippen LogP contribution in [0.2, 0.25) is 23.7 Å². The lowest BCUT2D eigenvalue weighted by Gasteiger charge is -2.31. The molecule has 0 unspecified atom stereocenters. The molecule has 0 saturated carbocycles. The molecule has 1 saturated heterocycles. The number of aliphatic hydroxyl groups excluding tert-OH is 1. The van der Waals surface area contributed by atoms with Crippen molar-refractivity contribution in [2.24, 2.45) is 5.92 Å². The van der Waals surface area contributed by atoms with E-state index in [1.165, 1.54) is 0 Å². The normalized spacial score (nSPS) is 21.8. The van der Waals surface area contributed by atoms with Gasteiger partial charge in [0.05, 0.1) is 42.6 Å². The maximum absolute atomic E-state index is 16.5. The molecular formula is C43H41ClFN3O5Si. The standard InChI is InChI=1S/C43H41ClFN3O5Si/c1-27-40(54(2,3)45)37(24-38(50)46(20-21-49)25-28-10-5-4-6-11-28)53-43(27)34-23-31(44)18-19-35(34)47(42(43)52)26-29-12-7-15-32(22-29)48-36-17-9-14-30-13-8-16-33(39(30)36)41(48)51/h4-19,22-23,27,37,40,49H,20-21,24-26H2,1-3H3/t27-,37+,40-,43+/m0/s1. The van der Waals surface area contributed by atoms with E-state index < -0.39 is 31.6 Å². The average Bonchev–Trinajstić information content (AvgIpc) is 3.70. The van der Waals surface area contributed by atoms with E-state index in [9.17, 15) is 14.7 Å². The second kappa shape index (κ2) is 13.8. The number of benzene rings is 5. The Balaban J connectivity index is 1.12. The molecule has 3 heterocycles. The number of ether oxygens (including phenoxy) is 1. The minimum atomic E-state index is -3.56. The monoisotopic (exact) mass is 761 g/mol. The number of carbonyl (C=O) groups excluding carboxylic acids is 3. The Morgan fingerprint density at radius 1 is 0.926 bits per heavy atom. The van der Waals surface area contributed by atoms with Gasteiger partial charge in [0.1, 0.15) is 0 Å². The predicted molar refractivity (Wildman–Crippen MR) is 211 cm³/mol. The number of fused-ring (bicyclic) bond motifs is 2. The van der Waals surface area contributed by atoms with Crippen molar-refractivity contribution in [2.45, 2.75) is 56.8 Å². The summed E-state index contributed by atoms with van der Waals surface area (Å²) in [5.74, 6) is -1.37. The fraction of sp³-hybridized carbons (Fsp3) is 0.279. The number of anilines is 3. The molecule has 11 heteroatoms. The fourth-order valence-electron chi connectivity index (χ4n) is 9.04. The molecule has 8 rings (SSSR count). The molecule has 1 fully saturated rings. The fourth-order valence-corrected chi connectivity index (χ4v) is 11.7. The first-order chi connectivity index (χ1) is 25.9. The third-order valence-electron chi connectivity index (χ3n) is 11.3. The summed E-state index contributed by atoms with van der Waals surface area (Å²) in [5, 5.41) is 12.1. The van der Waals surface area contributed by atoms with Crippen LogP contribution >= 0.6 is 11.6 Å². The van der Waals surface area contributed by atoms with Gasteiger partial charge < -0.3 is 23.8 Å². The third kappa shape index (κ3) is 5.92. The molecule has 4 atom stereocenters. The van der Waals surface area contributed by atoms with Gasteiger partial charge in [-0.25, -0.2) is 0 Å². The highest BCUT2D eigenvalue weighted by molar-refractivity contribution is 6.72. The summed E-state index contributed by atoms with van der Waals surface area (Å²) in [7, 11) is -3.56. The summed E-state index contributed by atoms with van der Waals surface area (Å²) in [4.78, 5) is 47.6. The molecule has 1 N–H and O–H groups in total. The maximum atomic E-state index is 16.5. The number of nitrogens with zero attached hydrogens (tertiary/aromatic N) is 3. The molecule has 1 spiro atoms. The lowest BCUT2D eigenvalue weighted by molar-refractivity contribution is -0.150. The molecule has 0 radical (unpaired) electrons. The highest BCUT2D eigenvalue weighted by atomic mass is 35.5. The summed E-state index contributed by atoms with van der Waals surface area (Å²) in [5.41, 5.74) is 2.69. The van der Waals surface area contributed by atoms with Gasteiger partial charge in [-0.15, -0.1) is 0 Å². The first-order valence-corrected chi connectivity index (χ1v) is 21.6. The molecule has 5 aromatic rings. The lowest BCUT2D eigenvalue weighted by Crippen LogP contribution is -2.45. The van der Waals surface area contributed by atoms with Gasteiger partial charge in [0.2, 0.25) is 14.3 Å². The van der Waals surface area contributed by atoms with Gasteiger partial charge in [-0.3, -0.25) is 19.3 Å². The number of halogens is 2. The second-order valence-corrected chi connectivity index (χ2v) is 19.3. The van der Waals surface area contributed by atoms with E-state index in [1.54, 1.807) is 46.0 Å². The lowest BCUT2D eigenvalue weighted by atomic mass is 9.82. The Morgan fingerprint density at radius 3 is 2.39 bits per heavy atom. The molecule has 0 aromatic heterocycles. The van der Waals surface area contributed by atoms with Gasteiger partial charge in [0.25, 0.3) is 11.8 Å². The van der Waals surface area contributed by atoms with Crippen LogP contribution in [-0.2, 0) is 33.0 Å². The molecule has 0 bridgehead atoms. The van der Waals surface area contributed by atoms with Crippen LogP contribution in [0.25, 0.3) is 10.8 Å². The smallest absolute Gasteiger partial charge is 0.264 e. The van der Waals surface area contributed by atoms with Crippen molar-refractivity contribution in [3.05, 3.63) is 136 Å². The number of aliphatic hydroxyl groups is 1. The molecule has 3 aliphatic rings. The summed E-state index contributed by atoms with van der Waals surface area (Å²) in [6.07, 6.45) is -1.03. The van der Waals surface area contributed by atoms with Crippen molar-refractivity contribution >= 4 is 65.6 Å². The van der Waals surface area contributed by atoms with Gasteiger partial charge in [0.15, 0.2) is 5.60 Å². The largest absolute Gasteiger partial charge is 0.395 e. The molecule has 3 amide bonds. The molecular weight excluding hydrogens is 721 g/mol. The van der Waals surface area contributed by atoms with Gasteiger partial charge >= 0.3 is 0 Å². The zero-order chi connectivity index (χ0) is 37.9. The van der Waals surface area contributed by atoms with E-state index in [4.69, 9.17) is 16.3 Å². The highest BCUT2D eigenvalue weighted by Gasteiger charge is 2.67. The van der Waals surface area contributed by atoms with Crippen molar-refractivity contribution in [1.82, 2.24) is 4.90 Å². The van der Waals surface area contributed by atoms with E-state index in [0.717, 1.165) is 27.6 Å². The summed E-state index contributed by atoms with van der Waals surface area (Å²) < 4.78 is 23.4. The number of carbonyl (C=O) groups is 3. The number of rotatable bonds is 10. The number of amides is 3. The molecule has 3 aliphatic heterocycles. The predicted octanol–water partition coefficient (Wildman–Crippen LogP) is 8.52. The Bertz CT molecular complexity index is 2300. The van der Waals surface area contributed by atoms with Crippen LogP contribution in [0.3, 0.4) is 0 Å². The maximum Gasteiger partial charge on any atom is 0.264 e. The Labute approximate surface area is 319 Å². The molecule has 0 aliphatic carbocycles. The van der Waals surface area contributed by atoms with Crippen LogP contribution < -0.4 is 9.80 Å². The first kappa shape index (κ1) is 36.1. The van der Waals surface area contributed by atoms with E-state index in [-0.39, 0.29) is 50.4 Å². The Kier molecular flexibility index (Phi) is 9.21. The minimum Gasteiger partial charge on any atom is -0.395 e. The van der Waals surface area contributed by atoms with E-state index in [0.29, 0.717) is 27.5 Å². The summed E-state index contributed by atoms with van der Waals surface area (Å²) in [6, 6.07) is 33.9. The van der Waals surface area contributed by atoms with Crippen LogP contribution in [0.5, 0.6) is 0 Å². The molecule has 5 aromatic carbocycles. The van der Waals surface area contributed by atoms with E-state index >= 15 is 8.90 Å². The molecule has 54 heavy (non-hydrogen) atoms. The third-order valence-corrected chi connectivity index (χ3v) is 14.0. The SMILES string of the molecule is C[C@H]1[C@H]([Si](C)(C)F)[C@@H](CC(=O)N(CCO)Cc2ccccc2)O[C@]12C(=O)N(Cc1cccc(N3C(=O)c4cccc5cccc3c45)c1)c1ccc(Cl)cc12. The van der Waals surface area contributed by atoms with Crippen molar-refractivity contribution in [3.63, 3.8) is 0 Å². The van der Waals surface area contributed by atoms with Crippen LogP contribution in [0.1, 0.15) is 40.4 Å². The van der Waals surface area contributed by atoms with Crippen LogP contribution in [0, 0.1) is 5.92 Å². The van der Waals surface area contributed by atoms with Gasteiger partial charge in [0, 0.05) is 46.2 Å². The zero-order valence-electron chi connectivity index (χ0n) is 30.3. The van der Waals surface area contributed by atoms with Crippen LogP contribution in [-0.4, -0.2) is 55.4 Å². The highest BCUT2D eigenvalue weighted by Crippen LogP contribution is 2.60. The number of hydrogen-bond acceptors (Lipinski definition) is 5. The van der Waals surface area contributed by atoms with Crippen molar-refractivity contribution in [3.8, 4) is 0 Å². The van der Waals surface area contributed by atoms with Crippen molar-refractivity contribution in [2.75, 3.05) is 23.0 Å². The van der Waals surface area contributed by atoms with Gasteiger partial charge in [-0.2, -0.15) is 0 Å². The summed E-state index contributed by atoms with van der Waals surface area (Å²) in [6.45, 7) is 5.37. The zero-order valence-corrected chi connectivity index (χ0v) is 32.1. The molecule has 276 valence electrons. The minimum absolute atomic E-state index is 0.108. The van der Waals surface area contributed by atoms with Crippen LogP contribution in [0.15, 0.2) is 109 Å².